The Morgan fingerprint density at radius 2 is 1.79 bits per heavy atom. The third kappa shape index (κ3) is 5.48. The standard InChI is InChI=1S/C22H28N4O3/c1-25-13-12-20(21(25)27)26(2)15-17-4-8-18(9-5-17)24-22(28)23-14-16-6-10-19(29-3)11-7-16/h4-11,20H,12-15H2,1-3H3,(H2,23,24,28)/t20-/m0/s1. The summed E-state index contributed by atoms with van der Waals surface area (Å²) in [6.45, 7) is 1.93. The van der Waals surface area contributed by atoms with Crippen LogP contribution in [0.2, 0.25) is 0 Å². The van der Waals surface area contributed by atoms with Crippen LogP contribution >= 0.6 is 0 Å². The number of benzene rings is 2. The van der Waals surface area contributed by atoms with Crippen molar-refractivity contribution >= 4 is 17.6 Å². The van der Waals surface area contributed by atoms with Crippen LogP contribution in [-0.2, 0) is 17.9 Å². The lowest BCUT2D eigenvalue weighted by atomic mass is 10.1. The Balaban J connectivity index is 1.46. The lowest BCUT2D eigenvalue weighted by Crippen LogP contribution is -2.38. The van der Waals surface area contributed by atoms with Gasteiger partial charge in [0.1, 0.15) is 5.75 Å². The zero-order valence-electron chi connectivity index (χ0n) is 17.1. The lowest BCUT2D eigenvalue weighted by Gasteiger charge is -2.23. The molecule has 1 saturated heterocycles. The summed E-state index contributed by atoms with van der Waals surface area (Å²) in [7, 11) is 5.44. The first kappa shape index (κ1) is 20.7. The summed E-state index contributed by atoms with van der Waals surface area (Å²) < 4.78 is 5.12. The highest BCUT2D eigenvalue weighted by Gasteiger charge is 2.31. The van der Waals surface area contributed by atoms with Crippen LogP contribution in [0.4, 0.5) is 10.5 Å². The second kappa shape index (κ2) is 9.43. The molecule has 0 spiro atoms. The number of amides is 3. The Bertz CT molecular complexity index is 836. The van der Waals surface area contributed by atoms with E-state index in [1.54, 1.807) is 12.0 Å². The van der Waals surface area contributed by atoms with E-state index in [0.29, 0.717) is 13.1 Å². The molecule has 1 heterocycles. The molecule has 1 aliphatic rings. The van der Waals surface area contributed by atoms with Crippen molar-refractivity contribution in [1.82, 2.24) is 15.1 Å². The summed E-state index contributed by atoms with van der Waals surface area (Å²) in [5.41, 5.74) is 2.81. The molecule has 1 fully saturated rings. The van der Waals surface area contributed by atoms with Gasteiger partial charge in [-0.2, -0.15) is 0 Å². The number of likely N-dealkylation sites (N-methyl/N-ethyl adjacent to an activating group) is 2. The molecule has 7 heteroatoms. The minimum absolute atomic E-state index is 0.0541. The Hall–Kier alpha value is -3.06. The van der Waals surface area contributed by atoms with Gasteiger partial charge in [-0.25, -0.2) is 4.79 Å². The molecule has 0 bridgehead atoms. The predicted molar refractivity (Wildman–Crippen MR) is 113 cm³/mol. The van der Waals surface area contributed by atoms with Gasteiger partial charge in [0.15, 0.2) is 0 Å². The highest BCUT2D eigenvalue weighted by molar-refractivity contribution is 5.89. The number of rotatable bonds is 7. The van der Waals surface area contributed by atoms with Crippen LogP contribution in [0.5, 0.6) is 5.75 Å². The number of carbonyl (C=O) groups excluding carboxylic acids is 2. The summed E-state index contributed by atoms with van der Waals surface area (Å²) in [5.74, 6) is 0.965. The number of methoxy groups -OCH3 is 1. The van der Waals surface area contributed by atoms with E-state index in [9.17, 15) is 9.59 Å². The molecule has 154 valence electrons. The highest BCUT2D eigenvalue weighted by Crippen LogP contribution is 2.18. The highest BCUT2D eigenvalue weighted by atomic mass is 16.5. The normalized spacial score (nSPS) is 16.2. The van der Waals surface area contributed by atoms with Crippen molar-refractivity contribution in [3.05, 3.63) is 59.7 Å². The molecule has 2 aromatic carbocycles. The van der Waals surface area contributed by atoms with E-state index in [0.717, 1.165) is 35.5 Å². The topological polar surface area (TPSA) is 73.9 Å². The van der Waals surface area contributed by atoms with Gasteiger partial charge in [-0.3, -0.25) is 9.69 Å². The van der Waals surface area contributed by atoms with Crippen LogP contribution in [-0.4, -0.2) is 55.5 Å². The number of ether oxygens (including phenoxy) is 1. The van der Waals surface area contributed by atoms with E-state index in [1.807, 2.05) is 62.6 Å². The second-order valence-electron chi connectivity index (χ2n) is 7.33. The van der Waals surface area contributed by atoms with E-state index in [2.05, 4.69) is 15.5 Å². The zero-order valence-corrected chi connectivity index (χ0v) is 17.1. The lowest BCUT2D eigenvalue weighted by molar-refractivity contribution is -0.130. The van der Waals surface area contributed by atoms with Crippen LogP contribution in [0, 0.1) is 0 Å². The zero-order chi connectivity index (χ0) is 20.8. The second-order valence-corrected chi connectivity index (χ2v) is 7.33. The Morgan fingerprint density at radius 3 is 2.38 bits per heavy atom. The molecular formula is C22H28N4O3. The van der Waals surface area contributed by atoms with E-state index in [1.165, 1.54) is 0 Å². The number of nitrogens with zero attached hydrogens (tertiary/aromatic N) is 2. The SMILES string of the molecule is COc1ccc(CNC(=O)Nc2ccc(CN(C)[C@H]3CCN(C)C3=O)cc2)cc1. The molecule has 2 aromatic rings. The fraction of sp³-hybridized carbons (Fsp3) is 0.364. The van der Waals surface area contributed by atoms with Gasteiger partial charge in [0.25, 0.3) is 0 Å². The Kier molecular flexibility index (Phi) is 6.72. The fourth-order valence-corrected chi connectivity index (χ4v) is 3.41. The van der Waals surface area contributed by atoms with Gasteiger partial charge in [0.2, 0.25) is 5.91 Å². The van der Waals surface area contributed by atoms with Crippen molar-refractivity contribution in [2.24, 2.45) is 0 Å². The number of nitrogens with one attached hydrogen (secondary N) is 2. The summed E-state index contributed by atoms with van der Waals surface area (Å²) in [4.78, 5) is 28.1. The molecule has 7 nitrogen and oxygen atoms in total. The number of likely N-dealkylation sites (tertiary alicyclic amines) is 1. The first-order valence-electron chi connectivity index (χ1n) is 9.68. The van der Waals surface area contributed by atoms with Gasteiger partial charge in [0, 0.05) is 32.4 Å². The van der Waals surface area contributed by atoms with Gasteiger partial charge in [0.05, 0.1) is 13.2 Å². The molecule has 3 rings (SSSR count). The van der Waals surface area contributed by atoms with Crippen molar-refractivity contribution in [3.8, 4) is 5.75 Å². The maximum atomic E-state index is 12.1. The molecule has 1 aliphatic heterocycles. The Morgan fingerprint density at radius 1 is 1.14 bits per heavy atom. The molecule has 29 heavy (non-hydrogen) atoms. The number of urea groups is 1. The minimum Gasteiger partial charge on any atom is -0.497 e. The van der Waals surface area contributed by atoms with Gasteiger partial charge >= 0.3 is 6.03 Å². The average Bonchev–Trinajstić information content (AvgIpc) is 3.07. The van der Waals surface area contributed by atoms with Crippen molar-refractivity contribution < 1.29 is 14.3 Å². The predicted octanol–water partition coefficient (Wildman–Crippen LogP) is 2.68. The molecule has 2 N–H and O–H groups in total. The summed E-state index contributed by atoms with van der Waals surface area (Å²) >= 11 is 0. The largest absolute Gasteiger partial charge is 0.497 e. The molecule has 3 amide bonds. The van der Waals surface area contributed by atoms with Crippen molar-refractivity contribution in [2.45, 2.75) is 25.6 Å². The summed E-state index contributed by atoms with van der Waals surface area (Å²) in [6.07, 6.45) is 0.861. The first-order valence-corrected chi connectivity index (χ1v) is 9.68. The van der Waals surface area contributed by atoms with Gasteiger partial charge < -0.3 is 20.3 Å². The monoisotopic (exact) mass is 396 g/mol. The van der Waals surface area contributed by atoms with Crippen molar-refractivity contribution in [3.63, 3.8) is 0 Å². The number of hydrogen-bond donors (Lipinski definition) is 2. The van der Waals surface area contributed by atoms with Gasteiger partial charge in [-0.1, -0.05) is 24.3 Å². The van der Waals surface area contributed by atoms with Gasteiger partial charge in [-0.15, -0.1) is 0 Å². The number of hydrogen-bond acceptors (Lipinski definition) is 4. The van der Waals surface area contributed by atoms with Crippen molar-refractivity contribution in [1.29, 1.82) is 0 Å². The maximum absolute atomic E-state index is 12.1. The van der Waals surface area contributed by atoms with E-state index < -0.39 is 0 Å². The van der Waals surface area contributed by atoms with Crippen LogP contribution < -0.4 is 15.4 Å². The quantitative estimate of drug-likeness (QED) is 0.755. The molecule has 0 radical (unpaired) electrons. The average molecular weight is 396 g/mol. The Labute approximate surface area is 171 Å². The number of carbonyl (C=O) groups is 2. The minimum atomic E-state index is -0.259. The summed E-state index contributed by atoms with van der Waals surface area (Å²) in [6, 6.07) is 14.9. The first-order chi connectivity index (χ1) is 14.0. The maximum Gasteiger partial charge on any atom is 0.319 e. The van der Waals surface area contributed by atoms with Crippen molar-refractivity contribution in [2.75, 3.05) is 33.1 Å². The molecule has 0 aliphatic carbocycles. The molecule has 1 atom stereocenters. The van der Waals surface area contributed by atoms with Crippen LogP contribution in [0.25, 0.3) is 0 Å². The molecular weight excluding hydrogens is 368 g/mol. The van der Waals surface area contributed by atoms with Crippen LogP contribution in [0.1, 0.15) is 17.5 Å². The van der Waals surface area contributed by atoms with E-state index in [-0.39, 0.29) is 18.0 Å². The van der Waals surface area contributed by atoms with Crippen LogP contribution in [0.15, 0.2) is 48.5 Å². The smallest absolute Gasteiger partial charge is 0.319 e. The van der Waals surface area contributed by atoms with Crippen LogP contribution in [0.3, 0.4) is 0 Å². The fourth-order valence-electron chi connectivity index (χ4n) is 3.41. The van der Waals surface area contributed by atoms with Gasteiger partial charge in [-0.05, 0) is 48.9 Å². The molecule has 0 unspecified atom stereocenters. The third-order valence-electron chi connectivity index (χ3n) is 5.19. The molecule has 0 aromatic heterocycles. The summed E-state index contributed by atoms with van der Waals surface area (Å²) in [5, 5.41) is 5.67. The molecule has 0 saturated carbocycles. The van der Waals surface area contributed by atoms with E-state index >= 15 is 0 Å². The third-order valence-corrected chi connectivity index (χ3v) is 5.19. The number of anilines is 1. The van der Waals surface area contributed by atoms with E-state index in [4.69, 9.17) is 4.74 Å².